The number of fused-ring (bicyclic) bond motifs is 1. The minimum absolute atomic E-state index is 0.737. The Morgan fingerprint density at radius 1 is 1.38 bits per heavy atom. The average Bonchev–Trinajstić information content (AvgIpc) is 2.18. The van der Waals surface area contributed by atoms with Crippen molar-refractivity contribution in [3.05, 3.63) is 41.5 Å². The molecule has 13 heavy (non-hydrogen) atoms. The maximum absolute atomic E-state index is 5.44. The fourth-order valence-corrected chi connectivity index (χ4v) is 1.59. The van der Waals surface area contributed by atoms with Gasteiger partial charge in [-0.05, 0) is 49.1 Å². The van der Waals surface area contributed by atoms with E-state index in [4.69, 9.17) is 4.74 Å². The SMILES string of the molecule is CCOc1ccc2c(c1)CC=[C]C2. The summed E-state index contributed by atoms with van der Waals surface area (Å²) in [6.45, 7) is 2.74. The highest BCUT2D eigenvalue weighted by molar-refractivity contribution is 5.39. The molecule has 67 valence electrons. The maximum atomic E-state index is 5.44. The number of allylic oxidation sites excluding steroid dienone is 2. The Labute approximate surface area is 79.0 Å². The van der Waals surface area contributed by atoms with Crippen molar-refractivity contribution in [2.45, 2.75) is 19.8 Å². The number of ether oxygens (including phenoxy) is 1. The second kappa shape index (κ2) is 3.65. The van der Waals surface area contributed by atoms with Crippen LogP contribution >= 0.6 is 0 Å². The van der Waals surface area contributed by atoms with Crippen LogP contribution in [0.4, 0.5) is 0 Å². The van der Waals surface area contributed by atoms with Gasteiger partial charge in [0.15, 0.2) is 0 Å². The fraction of sp³-hybridized carbons (Fsp3) is 0.333. The molecule has 1 aliphatic rings. The van der Waals surface area contributed by atoms with Crippen molar-refractivity contribution < 1.29 is 4.74 Å². The van der Waals surface area contributed by atoms with Gasteiger partial charge >= 0.3 is 0 Å². The first-order valence-electron chi connectivity index (χ1n) is 4.70. The summed E-state index contributed by atoms with van der Waals surface area (Å²) in [6, 6.07) is 6.31. The Bertz CT molecular complexity index is 326. The summed E-state index contributed by atoms with van der Waals surface area (Å²) in [5, 5.41) is 0. The van der Waals surface area contributed by atoms with Gasteiger partial charge in [0.25, 0.3) is 0 Å². The van der Waals surface area contributed by atoms with Gasteiger partial charge < -0.3 is 4.74 Å². The van der Waals surface area contributed by atoms with Gasteiger partial charge in [-0.25, -0.2) is 0 Å². The van der Waals surface area contributed by atoms with Gasteiger partial charge in [-0.15, -0.1) is 0 Å². The molecule has 1 aromatic carbocycles. The number of hydrogen-bond donors (Lipinski definition) is 0. The molecule has 1 heteroatoms. The largest absolute Gasteiger partial charge is 0.494 e. The van der Waals surface area contributed by atoms with Crippen LogP contribution in [0.15, 0.2) is 24.3 Å². The van der Waals surface area contributed by atoms with E-state index in [0.717, 1.165) is 25.2 Å². The van der Waals surface area contributed by atoms with Gasteiger partial charge in [0.2, 0.25) is 0 Å². The molecule has 1 nitrogen and oxygen atoms in total. The molecule has 0 spiro atoms. The third-order valence-electron chi connectivity index (χ3n) is 2.25. The monoisotopic (exact) mass is 173 g/mol. The number of benzene rings is 1. The molecule has 0 atom stereocenters. The summed E-state index contributed by atoms with van der Waals surface area (Å²) >= 11 is 0. The smallest absolute Gasteiger partial charge is 0.119 e. The molecule has 0 aliphatic heterocycles. The molecule has 0 bridgehead atoms. The van der Waals surface area contributed by atoms with E-state index in [-0.39, 0.29) is 0 Å². The standard InChI is InChI=1S/C12H13O/c1-2-13-12-8-7-10-5-3-4-6-11(10)9-12/h4,7-9H,2,5-6H2,1H3. The van der Waals surface area contributed by atoms with Gasteiger partial charge in [-0.3, -0.25) is 0 Å². The fourth-order valence-electron chi connectivity index (χ4n) is 1.59. The zero-order valence-electron chi connectivity index (χ0n) is 7.84. The lowest BCUT2D eigenvalue weighted by atomic mass is 9.97. The van der Waals surface area contributed by atoms with E-state index in [2.05, 4.69) is 24.3 Å². The quantitative estimate of drug-likeness (QED) is 0.667. The molecule has 0 amide bonds. The molecule has 0 saturated carbocycles. The Hall–Kier alpha value is -1.24. The van der Waals surface area contributed by atoms with Crippen LogP contribution in [-0.2, 0) is 12.8 Å². The van der Waals surface area contributed by atoms with Crippen LogP contribution in [0.3, 0.4) is 0 Å². The predicted octanol–water partition coefficient (Wildman–Crippen LogP) is 2.54. The summed E-state index contributed by atoms with van der Waals surface area (Å²) < 4.78 is 5.44. The summed E-state index contributed by atoms with van der Waals surface area (Å²) in [6.07, 6.45) is 7.26. The number of hydrogen-bond acceptors (Lipinski definition) is 1. The third-order valence-corrected chi connectivity index (χ3v) is 2.25. The molecule has 0 unspecified atom stereocenters. The topological polar surface area (TPSA) is 9.23 Å². The lowest BCUT2D eigenvalue weighted by molar-refractivity contribution is 0.340. The van der Waals surface area contributed by atoms with E-state index in [1.807, 2.05) is 13.0 Å². The van der Waals surface area contributed by atoms with Crippen molar-refractivity contribution in [1.82, 2.24) is 0 Å². The van der Waals surface area contributed by atoms with Gasteiger partial charge in [0.05, 0.1) is 6.61 Å². The summed E-state index contributed by atoms with van der Waals surface area (Å²) in [4.78, 5) is 0. The maximum Gasteiger partial charge on any atom is 0.119 e. The van der Waals surface area contributed by atoms with Crippen LogP contribution in [0, 0.1) is 6.08 Å². The van der Waals surface area contributed by atoms with Crippen LogP contribution in [0.25, 0.3) is 0 Å². The highest BCUT2D eigenvalue weighted by Gasteiger charge is 2.05. The van der Waals surface area contributed by atoms with Crippen molar-refractivity contribution in [3.63, 3.8) is 0 Å². The molecule has 1 aliphatic carbocycles. The van der Waals surface area contributed by atoms with Gasteiger partial charge in [-0.2, -0.15) is 0 Å². The Kier molecular flexibility index (Phi) is 2.35. The Balaban J connectivity index is 2.27. The van der Waals surface area contributed by atoms with Crippen LogP contribution in [-0.4, -0.2) is 6.61 Å². The predicted molar refractivity (Wildman–Crippen MR) is 52.8 cm³/mol. The lowest BCUT2D eigenvalue weighted by Gasteiger charge is -2.12. The molecule has 2 rings (SSSR count). The first-order valence-corrected chi connectivity index (χ1v) is 4.70. The molecule has 0 aromatic heterocycles. The van der Waals surface area contributed by atoms with Crippen molar-refractivity contribution >= 4 is 0 Å². The zero-order chi connectivity index (χ0) is 9.10. The van der Waals surface area contributed by atoms with E-state index in [1.165, 1.54) is 11.1 Å². The Morgan fingerprint density at radius 2 is 2.31 bits per heavy atom. The molecule has 0 N–H and O–H groups in total. The minimum Gasteiger partial charge on any atom is -0.494 e. The second-order valence-corrected chi connectivity index (χ2v) is 3.15. The van der Waals surface area contributed by atoms with E-state index in [0.29, 0.717) is 0 Å². The normalized spacial score (nSPS) is 13.9. The first kappa shape index (κ1) is 8.36. The van der Waals surface area contributed by atoms with Crippen LogP contribution in [0.2, 0.25) is 0 Å². The molecule has 0 heterocycles. The highest BCUT2D eigenvalue weighted by atomic mass is 16.5. The van der Waals surface area contributed by atoms with E-state index >= 15 is 0 Å². The molecule has 0 fully saturated rings. The molecule has 1 radical (unpaired) electrons. The Morgan fingerprint density at radius 3 is 3.15 bits per heavy atom. The van der Waals surface area contributed by atoms with E-state index < -0.39 is 0 Å². The van der Waals surface area contributed by atoms with E-state index in [1.54, 1.807) is 0 Å². The molecule has 0 saturated heterocycles. The molecular weight excluding hydrogens is 160 g/mol. The highest BCUT2D eigenvalue weighted by Crippen LogP contribution is 2.21. The summed E-state index contributed by atoms with van der Waals surface area (Å²) in [5.41, 5.74) is 2.76. The first-order chi connectivity index (χ1) is 6.40. The van der Waals surface area contributed by atoms with Crippen LogP contribution in [0.5, 0.6) is 5.75 Å². The van der Waals surface area contributed by atoms with Crippen LogP contribution in [0.1, 0.15) is 18.1 Å². The lowest BCUT2D eigenvalue weighted by Crippen LogP contribution is -1.99. The van der Waals surface area contributed by atoms with Crippen molar-refractivity contribution in [2.24, 2.45) is 0 Å². The summed E-state index contributed by atoms with van der Waals surface area (Å²) in [7, 11) is 0. The van der Waals surface area contributed by atoms with Gasteiger partial charge in [-0.1, -0.05) is 12.1 Å². The van der Waals surface area contributed by atoms with Gasteiger partial charge in [0, 0.05) is 0 Å². The van der Waals surface area contributed by atoms with Crippen molar-refractivity contribution in [2.75, 3.05) is 6.61 Å². The second-order valence-electron chi connectivity index (χ2n) is 3.15. The average molecular weight is 173 g/mol. The molecule has 1 aromatic rings. The van der Waals surface area contributed by atoms with Gasteiger partial charge in [0.1, 0.15) is 5.75 Å². The minimum atomic E-state index is 0.737. The molecular formula is C12H13O. The van der Waals surface area contributed by atoms with E-state index in [9.17, 15) is 0 Å². The number of rotatable bonds is 2. The third kappa shape index (κ3) is 1.74. The summed E-state index contributed by atoms with van der Waals surface area (Å²) in [5.74, 6) is 0.983. The zero-order valence-corrected chi connectivity index (χ0v) is 7.84. The van der Waals surface area contributed by atoms with Crippen LogP contribution < -0.4 is 4.74 Å². The van der Waals surface area contributed by atoms with Crippen molar-refractivity contribution in [3.8, 4) is 5.75 Å². The van der Waals surface area contributed by atoms with Crippen molar-refractivity contribution in [1.29, 1.82) is 0 Å².